The van der Waals surface area contributed by atoms with E-state index in [0.717, 1.165) is 24.0 Å². The first-order valence-electron chi connectivity index (χ1n) is 8.40. The lowest BCUT2D eigenvalue weighted by atomic mass is 9.89. The SMILES string of the molecule is CC(C)Cc1c(Cl)cccc1C(=O)c1cccc(Cl)c1CC(C)C.Cl. The average Bonchev–Trinajstić information content (AvgIpc) is 2.50. The maximum Gasteiger partial charge on any atom is 0.193 e. The van der Waals surface area contributed by atoms with Crippen LogP contribution in [0.4, 0.5) is 0 Å². The fraction of sp³-hybridized carbons (Fsp3) is 0.381. The van der Waals surface area contributed by atoms with Gasteiger partial charge in [-0.3, -0.25) is 4.79 Å². The molecule has 0 aliphatic carbocycles. The Kier molecular flexibility index (Phi) is 8.47. The number of benzene rings is 2. The number of rotatable bonds is 6. The van der Waals surface area contributed by atoms with Gasteiger partial charge < -0.3 is 0 Å². The Balaban J connectivity index is 0.00000312. The van der Waals surface area contributed by atoms with E-state index in [1.165, 1.54) is 0 Å². The van der Waals surface area contributed by atoms with Crippen molar-refractivity contribution in [2.45, 2.75) is 40.5 Å². The molecular formula is C21H25Cl3O. The lowest BCUT2D eigenvalue weighted by molar-refractivity contribution is 0.103. The van der Waals surface area contributed by atoms with Gasteiger partial charge in [-0.15, -0.1) is 12.4 Å². The summed E-state index contributed by atoms with van der Waals surface area (Å²) in [4.78, 5) is 13.2. The number of hydrogen-bond acceptors (Lipinski definition) is 1. The Bertz CT molecular complexity index is 674. The van der Waals surface area contributed by atoms with Crippen LogP contribution in [0.2, 0.25) is 10.0 Å². The van der Waals surface area contributed by atoms with Crippen LogP contribution in [0.3, 0.4) is 0 Å². The molecule has 25 heavy (non-hydrogen) atoms. The number of carbonyl (C=O) groups is 1. The molecule has 0 saturated heterocycles. The van der Waals surface area contributed by atoms with E-state index in [2.05, 4.69) is 27.7 Å². The second kappa shape index (κ2) is 9.62. The van der Waals surface area contributed by atoms with Crippen molar-refractivity contribution in [1.29, 1.82) is 0 Å². The molecule has 2 rings (SSSR count). The molecule has 0 unspecified atom stereocenters. The molecule has 0 aliphatic rings. The molecule has 136 valence electrons. The van der Waals surface area contributed by atoms with Crippen LogP contribution in [-0.4, -0.2) is 5.78 Å². The second-order valence-electron chi connectivity index (χ2n) is 7.06. The molecule has 2 aromatic rings. The number of halogens is 3. The summed E-state index contributed by atoms with van der Waals surface area (Å²) in [6.45, 7) is 8.50. The van der Waals surface area contributed by atoms with E-state index in [-0.39, 0.29) is 18.2 Å². The molecular weight excluding hydrogens is 375 g/mol. The van der Waals surface area contributed by atoms with Gasteiger partial charge in [-0.25, -0.2) is 0 Å². The van der Waals surface area contributed by atoms with Crippen molar-refractivity contribution in [3.63, 3.8) is 0 Å². The van der Waals surface area contributed by atoms with E-state index in [1.807, 2.05) is 36.4 Å². The van der Waals surface area contributed by atoms with Crippen molar-refractivity contribution in [3.05, 3.63) is 68.7 Å². The van der Waals surface area contributed by atoms with Crippen LogP contribution in [0.15, 0.2) is 36.4 Å². The molecule has 0 saturated carbocycles. The van der Waals surface area contributed by atoms with Crippen LogP contribution in [0.5, 0.6) is 0 Å². The number of carbonyl (C=O) groups excluding carboxylic acids is 1. The molecule has 0 amide bonds. The molecule has 0 N–H and O–H groups in total. The highest BCUT2D eigenvalue weighted by Crippen LogP contribution is 2.29. The van der Waals surface area contributed by atoms with Gasteiger partial charge >= 0.3 is 0 Å². The Morgan fingerprint density at radius 3 is 1.48 bits per heavy atom. The lowest BCUT2D eigenvalue weighted by Gasteiger charge is -2.16. The van der Waals surface area contributed by atoms with E-state index in [9.17, 15) is 4.79 Å². The second-order valence-corrected chi connectivity index (χ2v) is 7.87. The highest BCUT2D eigenvalue weighted by atomic mass is 35.5. The van der Waals surface area contributed by atoms with E-state index in [4.69, 9.17) is 23.2 Å². The molecule has 0 heterocycles. The Labute approximate surface area is 167 Å². The highest BCUT2D eigenvalue weighted by molar-refractivity contribution is 6.33. The molecule has 0 bridgehead atoms. The van der Waals surface area contributed by atoms with Gasteiger partial charge in [0.2, 0.25) is 0 Å². The lowest BCUT2D eigenvalue weighted by Crippen LogP contribution is -2.12. The molecule has 0 radical (unpaired) electrons. The summed E-state index contributed by atoms with van der Waals surface area (Å²) in [5.74, 6) is 0.850. The van der Waals surface area contributed by atoms with Gasteiger partial charge in [0.25, 0.3) is 0 Å². The molecule has 0 atom stereocenters. The number of ketones is 1. The molecule has 0 aromatic heterocycles. The molecule has 0 aliphatic heterocycles. The van der Waals surface area contributed by atoms with Crippen LogP contribution in [0, 0.1) is 11.8 Å². The summed E-state index contributed by atoms with van der Waals surface area (Å²) in [6, 6.07) is 11.1. The van der Waals surface area contributed by atoms with E-state index in [1.54, 1.807) is 0 Å². The summed E-state index contributed by atoms with van der Waals surface area (Å²) < 4.78 is 0. The fourth-order valence-corrected chi connectivity index (χ4v) is 3.42. The van der Waals surface area contributed by atoms with E-state index >= 15 is 0 Å². The smallest absolute Gasteiger partial charge is 0.193 e. The minimum atomic E-state index is 0. The quantitative estimate of drug-likeness (QED) is 0.476. The standard InChI is InChI=1S/C21H24Cl2O.ClH/c1-13(2)11-17-15(7-5-9-19(17)22)21(24)16-8-6-10-20(23)18(16)12-14(3)4;/h5-10,13-14H,11-12H2,1-4H3;1H. The van der Waals surface area contributed by atoms with Crippen molar-refractivity contribution >= 4 is 41.4 Å². The predicted octanol–water partition coefficient (Wildman–Crippen LogP) is 7.04. The first-order valence-corrected chi connectivity index (χ1v) is 9.16. The summed E-state index contributed by atoms with van der Waals surface area (Å²) in [7, 11) is 0. The zero-order valence-electron chi connectivity index (χ0n) is 15.1. The topological polar surface area (TPSA) is 17.1 Å². The van der Waals surface area contributed by atoms with Gasteiger partial charge in [-0.2, -0.15) is 0 Å². The van der Waals surface area contributed by atoms with Crippen LogP contribution >= 0.6 is 35.6 Å². The van der Waals surface area contributed by atoms with Gasteiger partial charge in [0, 0.05) is 21.2 Å². The van der Waals surface area contributed by atoms with Crippen molar-refractivity contribution in [1.82, 2.24) is 0 Å². The third-order valence-electron chi connectivity index (χ3n) is 3.95. The first kappa shape index (κ1) is 22.0. The molecule has 4 heteroatoms. The zero-order chi connectivity index (χ0) is 17.9. The van der Waals surface area contributed by atoms with E-state index < -0.39 is 0 Å². The average molecular weight is 400 g/mol. The number of hydrogen-bond donors (Lipinski definition) is 0. The molecule has 1 nitrogen and oxygen atoms in total. The van der Waals surface area contributed by atoms with Crippen molar-refractivity contribution in [2.24, 2.45) is 11.8 Å². The highest BCUT2D eigenvalue weighted by Gasteiger charge is 2.20. The maximum atomic E-state index is 13.2. The minimum absolute atomic E-state index is 0. The van der Waals surface area contributed by atoms with Gasteiger partial charge in [0.1, 0.15) is 0 Å². The molecule has 0 fully saturated rings. The zero-order valence-corrected chi connectivity index (χ0v) is 17.4. The third-order valence-corrected chi connectivity index (χ3v) is 4.66. The third kappa shape index (κ3) is 5.48. The van der Waals surface area contributed by atoms with Gasteiger partial charge in [0.15, 0.2) is 5.78 Å². The molecule has 0 spiro atoms. The van der Waals surface area contributed by atoms with Crippen LogP contribution in [0.1, 0.15) is 54.7 Å². The Morgan fingerprint density at radius 1 is 0.800 bits per heavy atom. The monoisotopic (exact) mass is 398 g/mol. The van der Waals surface area contributed by atoms with Crippen LogP contribution < -0.4 is 0 Å². The maximum absolute atomic E-state index is 13.2. The summed E-state index contributed by atoms with van der Waals surface area (Å²) in [5.41, 5.74) is 3.22. The molecule has 2 aromatic carbocycles. The van der Waals surface area contributed by atoms with Gasteiger partial charge in [-0.05, 0) is 47.9 Å². The summed E-state index contributed by atoms with van der Waals surface area (Å²) >= 11 is 12.8. The van der Waals surface area contributed by atoms with Crippen LogP contribution in [0.25, 0.3) is 0 Å². The van der Waals surface area contributed by atoms with Crippen LogP contribution in [-0.2, 0) is 12.8 Å². The summed E-state index contributed by atoms with van der Waals surface area (Å²) in [5, 5.41) is 1.31. The van der Waals surface area contributed by atoms with Gasteiger partial charge in [-0.1, -0.05) is 75.2 Å². The minimum Gasteiger partial charge on any atom is -0.289 e. The van der Waals surface area contributed by atoms with Crippen molar-refractivity contribution < 1.29 is 4.79 Å². The fourth-order valence-electron chi connectivity index (χ4n) is 2.92. The normalized spacial score (nSPS) is 10.9. The van der Waals surface area contributed by atoms with Gasteiger partial charge in [0.05, 0.1) is 0 Å². The first-order chi connectivity index (χ1) is 11.3. The van der Waals surface area contributed by atoms with E-state index in [0.29, 0.717) is 33.0 Å². The van der Waals surface area contributed by atoms with Crippen molar-refractivity contribution in [2.75, 3.05) is 0 Å². The largest absolute Gasteiger partial charge is 0.289 e. The Morgan fingerprint density at radius 2 is 1.16 bits per heavy atom. The van der Waals surface area contributed by atoms with Crippen molar-refractivity contribution in [3.8, 4) is 0 Å². The predicted molar refractivity (Wildman–Crippen MR) is 111 cm³/mol. The summed E-state index contributed by atoms with van der Waals surface area (Å²) in [6.07, 6.45) is 1.56. The Hall–Kier alpha value is -1.02.